The van der Waals surface area contributed by atoms with Crippen LogP contribution in [0.5, 0.6) is 11.5 Å². The van der Waals surface area contributed by atoms with Crippen molar-refractivity contribution >= 4 is 0 Å². The third kappa shape index (κ3) is 4.49. The Morgan fingerprint density at radius 3 is 1.64 bits per heavy atom. The lowest BCUT2D eigenvalue weighted by Gasteiger charge is -2.29. The molecule has 0 aliphatic heterocycles. The predicted octanol–water partition coefficient (Wildman–Crippen LogP) is 3.20. The molecule has 0 bridgehead atoms. The van der Waals surface area contributed by atoms with Crippen molar-refractivity contribution < 1.29 is 25.2 Å². The Morgan fingerprint density at radius 1 is 0.786 bits per heavy atom. The average molecular weight is 389 g/mol. The molecule has 0 aromatic heterocycles. The molecule has 2 aromatic rings. The number of methoxy groups -OCH3 is 1. The van der Waals surface area contributed by atoms with E-state index < -0.39 is 5.41 Å². The van der Waals surface area contributed by atoms with Crippen LogP contribution in [0.4, 0.5) is 0 Å². The first kappa shape index (κ1) is 22.2. The van der Waals surface area contributed by atoms with Gasteiger partial charge in [0.2, 0.25) is 0 Å². The fraction of sp³-hybridized carbons (Fsp3) is 0.478. The molecule has 0 heterocycles. The molecule has 154 valence electrons. The fourth-order valence-corrected chi connectivity index (χ4v) is 3.57. The molecule has 28 heavy (non-hydrogen) atoms. The third-order valence-electron chi connectivity index (χ3n) is 5.42. The fourth-order valence-electron chi connectivity index (χ4n) is 3.57. The molecule has 0 aliphatic rings. The van der Waals surface area contributed by atoms with Crippen LogP contribution in [0.1, 0.15) is 54.2 Å². The minimum absolute atomic E-state index is 0.0623. The van der Waals surface area contributed by atoms with E-state index >= 15 is 0 Å². The monoisotopic (exact) mass is 388 g/mol. The minimum Gasteiger partial charge on any atom is -0.507 e. The first-order valence-electron chi connectivity index (χ1n) is 9.71. The number of benzene rings is 2. The second kappa shape index (κ2) is 9.41. The first-order valence-corrected chi connectivity index (χ1v) is 9.71. The van der Waals surface area contributed by atoms with Crippen molar-refractivity contribution in [2.24, 2.45) is 0 Å². The van der Waals surface area contributed by atoms with Crippen molar-refractivity contribution in [3.63, 3.8) is 0 Å². The average Bonchev–Trinajstić information content (AvgIpc) is 2.66. The van der Waals surface area contributed by atoms with E-state index in [4.69, 9.17) is 4.74 Å². The number of hydrogen-bond donors (Lipinski definition) is 4. The van der Waals surface area contributed by atoms with Gasteiger partial charge in [0.05, 0.1) is 6.61 Å². The first-order chi connectivity index (χ1) is 13.3. The Labute approximate surface area is 167 Å². The number of aryl methyl sites for hydroxylation is 1. The maximum atomic E-state index is 10.5. The highest BCUT2D eigenvalue weighted by Crippen LogP contribution is 2.39. The highest BCUT2D eigenvalue weighted by atomic mass is 16.5. The van der Waals surface area contributed by atoms with E-state index in [1.165, 1.54) is 0 Å². The molecule has 0 saturated heterocycles. The quantitative estimate of drug-likeness (QED) is 0.530. The van der Waals surface area contributed by atoms with Gasteiger partial charge in [-0.2, -0.15) is 0 Å². The summed E-state index contributed by atoms with van der Waals surface area (Å²) in [7, 11) is 1.60. The Hall–Kier alpha value is -2.08. The SMILES string of the molecule is CCc1cc(C(C)(C)c2cc(CCO)c(O)c(CCO)c2)cc(COC)c1O. The van der Waals surface area contributed by atoms with Gasteiger partial charge in [-0.1, -0.05) is 39.0 Å². The largest absolute Gasteiger partial charge is 0.507 e. The van der Waals surface area contributed by atoms with Crippen molar-refractivity contribution in [1.29, 1.82) is 0 Å². The number of phenolic OH excluding ortho intramolecular Hbond substituents is 2. The van der Waals surface area contributed by atoms with E-state index in [9.17, 15) is 20.4 Å². The molecule has 0 saturated carbocycles. The number of ether oxygens (including phenoxy) is 1. The van der Waals surface area contributed by atoms with Gasteiger partial charge >= 0.3 is 0 Å². The zero-order valence-corrected chi connectivity index (χ0v) is 17.2. The zero-order chi connectivity index (χ0) is 20.9. The lowest BCUT2D eigenvalue weighted by molar-refractivity contribution is 0.181. The molecule has 0 amide bonds. The summed E-state index contributed by atoms with van der Waals surface area (Å²) in [6.45, 7) is 6.38. The topological polar surface area (TPSA) is 90.2 Å². The molecule has 0 atom stereocenters. The number of aliphatic hydroxyl groups is 2. The summed E-state index contributed by atoms with van der Waals surface area (Å²) in [5.74, 6) is 0.416. The summed E-state index contributed by atoms with van der Waals surface area (Å²) in [4.78, 5) is 0. The molecule has 2 rings (SSSR count). The third-order valence-corrected chi connectivity index (χ3v) is 5.42. The van der Waals surface area contributed by atoms with Crippen molar-refractivity contribution in [3.05, 3.63) is 57.6 Å². The highest BCUT2D eigenvalue weighted by Gasteiger charge is 2.27. The number of rotatable bonds is 9. The molecule has 5 nitrogen and oxygen atoms in total. The van der Waals surface area contributed by atoms with Crippen LogP contribution in [0.3, 0.4) is 0 Å². The van der Waals surface area contributed by atoms with Crippen LogP contribution in [0.15, 0.2) is 24.3 Å². The van der Waals surface area contributed by atoms with Gasteiger partial charge in [-0.3, -0.25) is 0 Å². The van der Waals surface area contributed by atoms with E-state index in [0.29, 0.717) is 37.0 Å². The molecule has 0 fully saturated rings. The van der Waals surface area contributed by atoms with Gasteiger partial charge in [-0.05, 0) is 53.1 Å². The lowest BCUT2D eigenvalue weighted by atomic mass is 9.75. The van der Waals surface area contributed by atoms with E-state index in [0.717, 1.165) is 22.3 Å². The van der Waals surface area contributed by atoms with E-state index in [1.807, 2.05) is 31.2 Å². The van der Waals surface area contributed by atoms with Crippen LogP contribution in [-0.4, -0.2) is 40.7 Å². The van der Waals surface area contributed by atoms with Gasteiger partial charge in [0.25, 0.3) is 0 Å². The van der Waals surface area contributed by atoms with Gasteiger partial charge in [0.15, 0.2) is 0 Å². The standard InChI is InChI=1S/C23H32O5/c1-5-15-10-19(13-18(14-28-4)21(15)26)23(2,3)20-11-16(6-8-24)22(27)17(12-20)7-9-25/h10-13,24-27H,5-9,14H2,1-4H3. The molecule has 4 N–H and O–H groups in total. The Bertz CT molecular complexity index is 784. The van der Waals surface area contributed by atoms with E-state index in [1.54, 1.807) is 7.11 Å². The van der Waals surface area contributed by atoms with Crippen LogP contribution in [0.25, 0.3) is 0 Å². The summed E-state index contributed by atoms with van der Waals surface area (Å²) in [6, 6.07) is 7.81. The molecule has 2 aromatic carbocycles. The van der Waals surface area contributed by atoms with Gasteiger partial charge < -0.3 is 25.2 Å². The van der Waals surface area contributed by atoms with Gasteiger partial charge in [-0.15, -0.1) is 0 Å². The molecule has 0 spiro atoms. The van der Waals surface area contributed by atoms with Crippen LogP contribution < -0.4 is 0 Å². The summed E-state index contributed by atoms with van der Waals surface area (Å²) in [6.07, 6.45) is 1.39. The number of aliphatic hydroxyl groups excluding tert-OH is 2. The molecule has 5 heteroatoms. The van der Waals surface area contributed by atoms with E-state index in [-0.39, 0.29) is 24.7 Å². The van der Waals surface area contributed by atoms with Gasteiger partial charge in [0.1, 0.15) is 11.5 Å². The Balaban J connectivity index is 2.64. The van der Waals surface area contributed by atoms with Crippen LogP contribution in [-0.2, 0) is 36.0 Å². The number of phenols is 2. The van der Waals surface area contributed by atoms with Crippen LogP contribution in [0, 0.1) is 0 Å². The molecule has 0 radical (unpaired) electrons. The van der Waals surface area contributed by atoms with E-state index in [2.05, 4.69) is 13.8 Å². The lowest BCUT2D eigenvalue weighted by Crippen LogP contribution is -2.21. The smallest absolute Gasteiger partial charge is 0.124 e. The maximum Gasteiger partial charge on any atom is 0.124 e. The predicted molar refractivity (Wildman–Crippen MR) is 110 cm³/mol. The zero-order valence-electron chi connectivity index (χ0n) is 17.2. The van der Waals surface area contributed by atoms with Crippen LogP contribution >= 0.6 is 0 Å². The molecule has 0 aliphatic carbocycles. The summed E-state index contributed by atoms with van der Waals surface area (Å²) in [5, 5.41) is 39.7. The molecular weight excluding hydrogens is 356 g/mol. The second-order valence-corrected chi connectivity index (χ2v) is 7.64. The maximum absolute atomic E-state index is 10.5. The van der Waals surface area contributed by atoms with Crippen molar-refractivity contribution in [3.8, 4) is 11.5 Å². The van der Waals surface area contributed by atoms with Crippen LogP contribution in [0.2, 0.25) is 0 Å². The van der Waals surface area contributed by atoms with Gasteiger partial charge in [-0.25, -0.2) is 0 Å². The number of hydrogen-bond acceptors (Lipinski definition) is 5. The summed E-state index contributed by atoms with van der Waals surface area (Å²) in [5.41, 5.74) is 4.55. The summed E-state index contributed by atoms with van der Waals surface area (Å²) < 4.78 is 5.25. The molecule has 0 unspecified atom stereocenters. The number of aromatic hydroxyl groups is 2. The minimum atomic E-state index is -0.414. The van der Waals surface area contributed by atoms with Crippen molar-refractivity contribution in [2.75, 3.05) is 20.3 Å². The van der Waals surface area contributed by atoms with Crippen molar-refractivity contribution in [1.82, 2.24) is 0 Å². The van der Waals surface area contributed by atoms with Gasteiger partial charge in [0, 0.05) is 31.3 Å². The highest BCUT2D eigenvalue weighted by molar-refractivity contribution is 5.52. The normalized spacial score (nSPS) is 11.8. The summed E-state index contributed by atoms with van der Waals surface area (Å²) >= 11 is 0. The second-order valence-electron chi connectivity index (χ2n) is 7.64. The Morgan fingerprint density at radius 2 is 1.21 bits per heavy atom. The van der Waals surface area contributed by atoms with Crippen molar-refractivity contribution in [2.45, 2.75) is 52.1 Å². The Kier molecular flexibility index (Phi) is 7.47. The molecular formula is C23H32O5.